The maximum absolute atomic E-state index is 13.5. The molecule has 1 atom stereocenters. The van der Waals surface area contributed by atoms with Crippen LogP contribution < -0.4 is 16.2 Å². The van der Waals surface area contributed by atoms with Gasteiger partial charge >= 0.3 is 0 Å². The Kier molecular flexibility index (Phi) is 8.03. The van der Waals surface area contributed by atoms with Crippen molar-refractivity contribution in [1.29, 1.82) is 0 Å². The highest BCUT2D eigenvalue weighted by molar-refractivity contribution is 7.98. The number of aromatic nitrogens is 2. The quantitative estimate of drug-likeness (QED) is 0.356. The number of thioether (sulfide) groups is 1. The third-order valence-corrected chi connectivity index (χ3v) is 9.20. The van der Waals surface area contributed by atoms with Crippen LogP contribution in [0.15, 0.2) is 40.0 Å². The van der Waals surface area contributed by atoms with Gasteiger partial charge in [-0.15, -0.1) is 11.8 Å². The fraction of sp³-hybridized carbons (Fsp3) is 0.533. The molecule has 8 heteroatoms. The lowest BCUT2D eigenvalue weighted by atomic mass is 9.84. The molecule has 2 aliphatic rings. The molecule has 3 aromatic rings. The van der Waals surface area contributed by atoms with Crippen molar-refractivity contribution < 1.29 is 9.53 Å². The first-order valence-electron chi connectivity index (χ1n) is 13.8. The van der Waals surface area contributed by atoms with Crippen molar-refractivity contribution in [3.05, 3.63) is 63.2 Å². The summed E-state index contributed by atoms with van der Waals surface area (Å²) in [6, 6.07) is 10.7. The molecule has 0 bridgehead atoms. The fourth-order valence-electron chi connectivity index (χ4n) is 6.27. The van der Waals surface area contributed by atoms with Gasteiger partial charge in [0.15, 0.2) is 0 Å². The predicted molar refractivity (Wildman–Crippen MR) is 154 cm³/mol. The highest BCUT2D eigenvalue weighted by Gasteiger charge is 2.33. The number of nitrogens with one attached hydrogen (secondary N) is 3. The van der Waals surface area contributed by atoms with Crippen molar-refractivity contribution >= 4 is 28.6 Å². The van der Waals surface area contributed by atoms with Gasteiger partial charge in [-0.25, -0.2) is 0 Å². The Balaban J connectivity index is 1.30. The van der Waals surface area contributed by atoms with Gasteiger partial charge in [-0.3, -0.25) is 9.59 Å². The lowest BCUT2D eigenvalue weighted by Crippen LogP contribution is -2.49. The second-order valence-electron chi connectivity index (χ2n) is 11.3. The smallest absolute Gasteiger partial charge is 0.254 e. The maximum atomic E-state index is 13.5. The van der Waals surface area contributed by atoms with Gasteiger partial charge in [0.05, 0.1) is 12.2 Å². The molecule has 2 aromatic heterocycles. The highest BCUT2D eigenvalue weighted by atomic mass is 32.2. The first kappa shape index (κ1) is 27.0. The molecule has 2 fully saturated rings. The SMILES string of the molecule is CSc1cc(C)[nH]c(=O)c1CNC(=O)c1c(C)n(CC2CCC(NC3(C)CCOC3)CC2)c2ccccc12. The van der Waals surface area contributed by atoms with Crippen LogP contribution in [0.5, 0.6) is 0 Å². The second kappa shape index (κ2) is 11.3. The Morgan fingerprint density at radius 3 is 2.68 bits per heavy atom. The molecule has 1 saturated carbocycles. The van der Waals surface area contributed by atoms with Crippen LogP contribution >= 0.6 is 11.8 Å². The number of pyridine rings is 1. The van der Waals surface area contributed by atoms with E-state index < -0.39 is 0 Å². The lowest BCUT2D eigenvalue weighted by molar-refractivity contribution is 0.0951. The van der Waals surface area contributed by atoms with Crippen LogP contribution in [0.2, 0.25) is 0 Å². The van der Waals surface area contributed by atoms with E-state index in [1.807, 2.05) is 37.4 Å². The van der Waals surface area contributed by atoms with Gasteiger partial charge in [-0.2, -0.15) is 0 Å². The highest BCUT2D eigenvalue weighted by Crippen LogP contribution is 2.32. The molecule has 1 aliphatic carbocycles. The average Bonchev–Trinajstić information content (AvgIpc) is 3.44. The van der Waals surface area contributed by atoms with E-state index in [-0.39, 0.29) is 23.6 Å². The zero-order valence-corrected chi connectivity index (χ0v) is 23.8. The number of rotatable bonds is 8. The summed E-state index contributed by atoms with van der Waals surface area (Å²) in [6.07, 6.45) is 7.74. The predicted octanol–water partition coefficient (Wildman–Crippen LogP) is 4.93. The Morgan fingerprint density at radius 2 is 1.97 bits per heavy atom. The summed E-state index contributed by atoms with van der Waals surface area (Å²) in [5.41, 5.74) is 4.19. The Labute approximate surface area is 229 Å². The van der Waals surface area contributed by atoms with Crippen LogP contribution in [-0.2, 0) is 17.8 Å². The minimum atomic E-state index is -0.145. The van der Waals surface area contributed by atoms with Crippen molar-refractivity contribution in [2.75, 3.05) is 19.5 Å². The van der Waals surface area contributed by atoms with Crippen LogP contribution in [0, 0.1) is 19.8 Å². The molecule has 1 aliphatic heterocycles. The molecule has 38 heavy (non-hydrogen) atoms. The Morgan fingerprint density at radius 1 is 1.21 bits per heavy atom. The summed E-state index contributed by atoms with van der Waals surface area (Å²) in [5.74, 6) is 0.450. The van der Waals surface area contributed by atoms with Crippen molar-refractivity contribution in [3.63, 3.8) is 0 Å². The Bertz CT molecular complexity index is 1360. The van der Waals surface area contributed by atoms with E-state index in [0.717, 1.165) is 53.4 Å². The molecule has 3 heterocycles. The molecular weight excluding hydrogens is 496 g/mol. The van der Waals surface area contributed by atoms with Crippen LogP contribution in [-0.4, -0.2) is 46.5 Å². The van der Waals surface area contributed by atoms with Crippen molar-refractivity contribution in [1.82, 2.24) is 20.2 Å². The van der Waals surface area contributed by atoms with E-state index in [2.05, 4.69) is 40.1 Å². The van der Waals surface area contributed by atoms with Gasteiger partial charge in [0.2, 0.25) is 0 Å². The molecule has 1 saturated heterocycles. The van der Waals surface area contributed by atoms with Gasteiger partial charge in [0.1, 0.15) is 0 Å². The minimum absolute atomic E-state index is 0.118. The van der Waals surface area contributed by atoms with Gasteiger partial charge in [0.25, 0.3) is 11.5 Å². The minimum Gasteiger partial charge on any atom is -0.379 e. The Hall–Kier alpha value is -2.55. The largest absolute Gasteiger partial charge is 0.379 e. The number of carbonyl (C=O) groups excluding carboxylic acids is 1. The van der Waals surface area contributed by atoms with Crippen LogP contribution in [0.4, 0.5) is 0 Å². The third-order valence-electron chi connectivity index (χ3n) is 8.39. The maximum Gasteiger partial charge on any atom is 0.254 e. The van der Waals surface area contributed by atoms with Crippen LogP contribution in [0.1, 0.15) is 66.3 Å². The first-order chi connectivity index (χ1) is 18.3. The van der Waals surface area contributed by atoms with Crippen molar-refractivity contribution in [2.24, 2.45) is 5.92 Å². The van der Waals surface area contributed by atoms with E-state index in [4.69, 9.17) is 4.74 Å². The molecule has 1 unspecified atom stereocenters. The molecule has 7 nitrogen and oxygen atoms in total. The number of aryl methyl sites for hydroxylation is 1. The van der Waals surface area contributed by atoms with Gasteiger partial charge in [0, 0.05) is 64.0 Å². The number of benzene rings is 1. The summed E-state index contributed by atoms with van der Waals surface area (Å²) in [6.45, 7) is 8.99. The van der Waals surface area contributed by atoms with E-state index in [0.29, 0.717) is 23.1 Å². The van der Waals surface area contributed by atoms with Gasteiger partial charge < -0.3 is 24.9 Å². The van der Waals surface area contributed by atoms with E-state index in [1.165, 1.54) is 37.4 Å². The normalized spacial score (nSPS) is 23.7. The number of nitrogens with zero attached hydrogens (tertiary/aromatic N) is 1. The molecule has 1 aromatic carbocycles. The number of aromatic amines is 1. The summed E-state index contributed by atoms with van der Waals surface area (Å²) in [5, 5.41) is 7.88. The average molecular weight is 537 g/mol. The number of ether oxygens (including phenoxy) is 1. The van der Waals surface area contributed by atoms with E-state index in [9.17, 15) is 9.59 Å². The molecule has 1 amide bonds. The third kappa shape index (κ3) is 5.58. The molecule has 5 rings (SSSR count). The monoisotopic (exact) mass is 536 g/mol. The van der Waals surface area contributed by atoms with E-state index >= 15 is 0 Å². The van der Waals surface area contributed by atoms with Crippen LogP contribution in [0.3, 0.4) is 0 Å². The second-order valence-corrected chi connectivity index (χ2v) is 12.2. The van der Waals surface area contributed by atoms with Crippen LogP contribution in [0.25, 0.3) is 10.9 Å². The van der Waals surface area contributed by atoms with E-state index in [1.54, 1.807) is 0 Å². The summed E-state index contributed by atoms with van der Waals surface area (Å²) >= 11 is 1.52. The number of amides is 1. The molecule has 0 spiro atoms. The summed E-state index contributed by atoms with van der Waals surface area (Å²) < 4.78 is 7.96. The van der Waals surface area contributed by atoms with Gasteiger partial charge in [-0.1, -0.05) is 18.2 Å². The number of hydrogen-bond donors (Lipinski definition) is 3. The van der Waals surface area contributed by atoms with Crippen molar-refractivity contribution in [3.8, 4) is 0 Å². The summed E-state index contributed by atoms with van der Waals surface area (Å²) in [4.78, 5) is 29.8. The van der Waals surface area contributed by atoms with Crippen molar-refractivity contribution in [2.45, 2.75) is 82.4 Å². The number of fused-ring (bicyclic) bond motifs is 1. The standard InChI is InChI=1S/C30H40N4O3S/c1-19-15-26(38-4)24(28(35)32-19)16-31-29(36)27-20(2)34(25-8-6-5-7-23(25)27)17-21-9-11-22(12-10-21)33-30(3)13-14-37-18-30/h5-8,15,21-22,33H,9-14,16-18H2,1-4H3,(H,31,36)(H,32,35). The molecule has 3 N–H and O–H groups in total. The number of H-pyrrole nitrogens is 1. The fourth-order valence-corrected chi connectivity index (χ4v) is 6.97. The zero-order valence-electron chi connectivity index (χ0n) is 23.0. The van der Waals surface area contributed by atoms with Gasteiger partial charge in [-0.05, 0) is 77.2 Å². The number of para-hydroxylation sites is 1. The topological polar surface area (TPSA) is 88.2 Å². The number of carbonyl (C=O) groups is 1. The summed E-state index contributed by atoms with van der Waals surface area (Å²) in [7, 11) is 0. The first-order valence-corrected chi connectivity index (χ1v) is 15.0. The molecule has 0 radical (unpaired) electrons. The molecular formula is C30H40N4O3S. The molecule has 204 valence electrons. The lowest BCUT2D eigenvalue weighted by Gasteiger charge is -2.35. The number of hydrogen-bond acceptors (Lipinski definition) is 5. The zero-order chi connectivity index (χ0) is 26.9.